The lowest BCUT2D eigenvalue weighted by atomic mass is 10.1. The molecule has 11 heteroatoms. The van der Waals surface area contributed by atoms with Crippen molar-refractivity contribution in [2.45, 2.75) is 12.6 Å². The molecule has 0 fully saturated rings. The summed E-state index contributed by atoms with van der Waals surface area (Å²) in [5.41, 5.74) is 1.40. The number of nitrogens with zero attached hydrogens (tertiary/aromatic N) is 6. The fourth-order valence-electron chi connectivity index (χ4n) is 3.24. The molecule has 1 amide bonds. The highest BCUT2D eigenvalue weighted by molar-refractivity contribution is 5.95. The van der Waals surface area contributed by atoms with Crippen LogP contribution in [0.1, 0.15) is 27.8 Å². The van der Waals surface area contributed by atoms with Gasteiger partial charge in [0.25, 0.3) is 5.91 Å². The monoisotopic (exact) mass is 460 g/mol. The zero-order valence-corrected chi connectivity index (χ0v) is 17.9. The second kappa shape index (κ2) is 9.83. The van der Waals surface area contributed by atoms with E-state index < -0.39 is 23.6 Å². The first-order chi connectivity index (χ1) is 16.5. The van der Waals surface area contributed by atoms with Crippen molar-refractivity contribution in [1.82, 2.24) is 30.0 Å². The van der Waals surface area contributed by atoms with Crippen molar-refractivity contribution in [3.63, 3.8) is 0 Å². The molecule has 0 bridgehead atoms. The molecule has 34 heavy (non-hydrogen) atoms. The number of halogens is 2. The van der Waals surface area contributed by atoms with Gasteiger partial charge in [-0.3, -0.25) is 4.79 Å². The van der Waals surface area contributed by atoms with E-state index >= 15 is 0 Å². The first-order valence-corrected chi connectivity index (χ1v) is 10.1. The minimum Gasteiger partial charge on any atom is -0.378 e. The molecule has 0 saturated heterocycles. The summed E-state index contributed by atoms with van der Waals surface area (Å²) >= 11 is 0. The molecule has 0 aliphatic heterocycles. The number of anilines is 1. The first-order valence-electron chi connectivity index (χ1n) is 10.1. The van der Waals surface area contributed by atoms with Gasteiger partial charge in [0.05, 0.1) is 12.6 Å². The van der Waals surface area contributed by atoms with E-state index in [-0.39, 0.29) is 11.1 Å². The Morgan fingerprint density at radius 3 is 2.76 bits per heavy atom. The molecule has 0 radical (unpaired) electrons. The predicted octanol–water partition coefficient (Wildman–Crippen LogP) is 3.16. The molecule has 0 saturated carbocycles. The van der Waals surface area contributed by atoms with Gasteiger partial charge in [-0.25, -0.2) is 18.7 Å². The maximum atomic E-state index is 14.0. The van der Waals surface area contributed by atoms with Crippen molar-refractivity contribution in [2.24, 2.45) is 7.05 Å². The van der Waals surface area contributed by atoms with Crippen LogP contribution < -0.4 is 10.6 Å². The van der Waals surface area contributed by atoms with E-state index in [2.05, 4.69) is 30.8 Å². The third kappa shape index (κ3) is 4.86. The maximum absolute atomic E-state index is 14.0. The molecule has 0 aliphatic rings. The lowest BCUT2D eigenvalue weighted by molar-refractivity contribution is 0.0944. The summed E-state index contributed by atoms with van der Waals surface area (Å²) in [6, 6.07) is 11.7. The summed E-state index contributed by atoms with van der Waals surface area (Å²) in [4.78, 5) is 20.7. The minimum absolute atomic E-state index is 0.117. The summed E-state index contributed by atoms with van der Waals surface area (Å²) in [7, 11) is 1.81. The standard InChI is InChI=1S/C23H18F2N8O/c1-33-21(31-32-22(33)19-7-8-27-13-29-19)12-28-16-4-2-3-14(9-16)23(34)30-20(11-26)17-6-5-15(24)10-18(17)25/h2-10,13,20,28H,12H2,1H3,(H,30,34)/t20-/m1/s1. The Morgan fingerprint density at radius 1 is 1.18 bits per heavy atom. The van der Waals surface area contributed by atoms with E-state index in [4.69, 9.17) is 0 Å². The Labute approximate surface area is 193 Å². The number of benzene rings is 2. The number of rotatable bonds is 7. The average molecular weight is 460 g/mol. The summed E-state index contributed by atoms with van der Waals surface area (Å²) in [6.07, 6.45) is 3.05. The van der Waals surface area contributed by atoms with Crippen LogP contribution in [-0.2, 0) is 13.6 Å². The highest BCUT2D eigenvalue weighted by Crippen LogP contribution is 2.20. The third-order valence-corrected chi connectivity index (χ3v) is 5.03. The molecule has 9 nitrogen and oxygen atoms in total. The third-order valence-electron chi connectivity index (χ3n) is 5.03. The molecule has 0 unspecified atom stereocenters. The van der Waals surface area contributed by atoms with E-state index in [0.29, 0.717) is 35.6 Å². The number of hydrogen-bond donors (Lipinski definition) is 2. The van der Waals surface area contributed by atoms with Crippen molar-refractivity contribution in [1.29, 1.82) is 5.26 Å². The second-order valence-electron chi connectivity index (χ2n) is 7.23. The Bertz CT molecular complexity index is 1370. The SMILES string of the molecule is Cn1c(CNc2cccc(C(=O)N[C@H](C#N)c3ccc(F)cc3F)c2)nnc1-c1ccncn1. The van der Waals surface area contributed by atoms with Crippen LogP contribution in [0.4, 0.5) is 14.5 Å². The molecule has 2 N–H and O–H groups in total. The van der Waals surface area contributed by atoms with E-state index in [1.165, 1.54) is 6.33 Å². The smallest absolute Gasteiger partial charge is 0.252 e. The number of nitrogens with one attached hydrogen (secondary N) is 2. The first kappa shape index (κ1) is 22.5. The lowest BCUT2D eigenvalue weighted by Crippen LogP contribution is -2.28. The van der Waals surface area contributed by atoms with Gasteiger partial charge in [-0.15, -0.1) is 10.2 Å². The number of nitriles is 1. The molecular formula is C23H18F2N8O. The van der Waals surface area contributed by atoms with Gasteiger partial charge in [-0.05, 0) is 30.3 Å². The number of carbonyl (C=O) groups excluding carboxylic acids is 1. The number of hydrogen-bond acceptors (Lipinski definition) is 7. The summed E-state index contributed by atoms with van der Waals surface area (Å²) < 4.78 is 29.0. The quantitative estimate of drug-likeness (QED) is 0.434. The highest BCUT2D eigenvalue weighted by atomic mass is 19.1. The van der Waals surface area contributed by atoms with Crippen LogP contribution in [0.2, 0.25) is 0 Å². The lowest BCUT2D eigenvalue weighted by Gasteiger charge is -2.14. The summed E-state index contributed by atoms with van der Waals surface area (Å²) in [5.74, 6) is -1.03. The molecule has 170 valence electrons. The van der Waals surface area contributed by atoms with E-state index in [9.17, 15) is 18.8 Å². The minimum atomic E-state index is -1.27. The molecule has 2 aromatic carbocycles. The van der Waals surface area contributed by atoms with Gasteiger partial charge in [0.15, 0.2) is 11.6 Å². The van der Waals surface area contributed by atoms with Crippen molar-refractivity contribution >= 4 is 11.6 Å². The fourth-order valence-corrected chi connectivity index (χ4v) is 3.24. The van der Waals surface area contributed by atoms with Crippen LogP contribution in [0.25, 0.3) is 11.5 Å². The Morgan fingerprint density at radius 2 is 2.03 bits per heavy atom. The summed E-state index contributed by atoms with van der Waals surface area (Å²) in [5, 5.41) is 23.4. The van der Waals surface area contributed by atoms with Gasteiger partial charge < -0.3 is 15.2 Å². The van der Waals surface area contributed by atoms with Crippen molar-refractivity contribution < 1.29 is 13.6 Å². The van der Waals surface area contributed by atoms with Crippen molar-refractivity contribution in [3.05, 3.63) is 89.6 Å². The topological polar surface area (TPSA) is 121 Å². The zero-order chi connectivity index (χ0) is 24.1. The largest absolute Gasteiger partial charge is 0.378 e. The van der Waals surface area contributed by atoms with Crippen molar-refractivity contribution in [2.75, 3.05) is 5.32 Å². The number of amides is 1. The zero-order valence-electron chi connectivity index (χ0n) is 17.9. The van der Waals surface area contributed by atoms with Crippen LogP contribution in [0.15, 0.2) is 61.1 Å². The van der Waals surface area contributed by atoms with Gasteiger partial charge in [0.2, 0.25) is 0 Å². The second-order valence-corrected chi connectivity index (χ2v) is 7.23. The average Bonchev–Trinajstić information content (AvgIpc) is 3.22. The van der Waals surface area contributed by atoms with E-state index in [0.717, 1.165) is 12.1 Å². The molecule has 2 heterocycles. The van der Waals surface area contributed by atoms with Gasteiger partial charge in [-0.1, -0.05) is 12.1 Å². The molecular weight excluding hydrogens is 442 g/mol. The summed E-state index contributed by atoms with van der Waals surface area (Å²) in [6.45, 7) is 0.321. The number of aromatic nitrogens is 5. The number of carbonyl (C=O) groups is 1. The molecule has 0 spiro atoms. The maximum Gasteiger partial charge on any atom is 0.252 e. The van der Waals surface area contributed by atoms with E-state index in [1.54, 1.807) is 41.1 Å². The van der Waals surface area contributed by atoms with Gasteiger partial charge in [-0.2, -0.15) is 5.26 Å². The Kier molecular flexibility index (Phi) is 6.49. The normalized spacial score (nSPS) is 11.5. The molecule has 4 aromatic rings. The van der Waals surface area contributed by atoms with Crippen LogP contribution >= 0.6 is 0 Å². The van der Waals surface area contributed by atoms with Gasteiger partial charge in [0.1, 0.15) is 29.7 Å². The van der Waals surface area contributed by atoms with E-state index in [1.807, 2.05) is 13.1 Å². The van der Waals surface area contributed by atoms with Gasteiger partial charge >= 0.3 is 0 Å². The Hall–Kier alpha value is -4.72. The molecule has 4 rings (SSSR count). The fraction of sp³-hybridized carbons (Fsp3) is 0.130. The van der Waals surface area contributed by atoms with Crippen LogP contribution in [0.5, 0.6) is 0 Å². The van der Waals surface area contributed by atoms with Crippen LogP contribution in [-0.4, -0.2) is 30.6 Å². The van der Waals surface area contributed by atoms with Crippen LogP contribution in [0.3, 0.4) is 0 Å². The van der Waals surface area contributed by atoms with Gasteiger partial charge in [0, 0.05) is 36.1 Å². The molecule has 0 aliphatic carbocycles. The highest BCUT2D eigenvalue weighted by Gasteiger charge is 2.19. The molecule has 1 atom stereocenters. The van der Waals surface area contributed by atoms with Crippen molar-refractivity contribution in [3.8, 4) is 17.6 Å². The molecule has 2 aromatic heterocycles. The van der Waals surface area contributed by atoms with Crippen LogP contribution in [0, 0.1) is 23.0 Å². The predicted molar refractivity (Wildman–Crippen MR) is 118 cm³/mol. The Balaban J connectivity index is 1.44.